The Labute approximate surface area is 205 Å². The van der Waals surface area contributed by atoms with E-state index in [4.69, 9.17) is 0 Å². The molecule has 0 aromatic heterocycles. The molecule has 0 bridgehead atoms. The molecule has 7 nitrogen and oxygen atoms in total. The summed E-state index contributed by atoms with van der Waals surface area (Å²) in [5.41, 5.74) is 3.02. The zero-order chi connectivity index (χ0) is 24.8. The maximum atomic E-state index is 13.5. The molecule has 2 rings (SSSR count). The second-order valence-electron chi connectivity index (χ2n) is 8.18. The summed E-state index contributed by atoms with van der Waals surface area (Å²) in [4.78, 5) is 27.6. The molecule has 2 aromatic rings. The summed E-state index contributed by atoms with van der Waals surface area (Å²) in [6.07, 6.45) is 1.85. The fraction of sp³-hybridized carbons (Fsp3) is 0.417. The average molecular weight is 539 g/mol. The van der Waals surface area contributed by atoms with Gasteiger partial charge in [0.1, 0.15) is 12.6 Å². The Kier molecular flexibility index (Phi) is 9.48. The molecular weight excluding hydrogens is 506 g/mol. The average Bonchev–Trinajstić information content (AvgIpc) is 2.73. The zero-order valence-electron chi connectivity index (χ0n) is 19.8. The summed E-state index contributed by atoms with van der Waals surface area (Å²) in [5.74, 6) is -0.739. The number of benzene rings is 2. The molecule has 33 heavy (non-hydrogen) atoms. The topological polar surface area (TPSA) is 86.8 Å². The first-order valence-corrected chi connectivity index (χ1v) is 13.4. The fourth-order valence-electron chi connectivity index (χ4n) is 3.49. The Bertz CT molecular complexity index is 1100. The van der Waals surface area contributed by atoms with Gasteiger partial charge >= 0.3 is 0 Å². The Balaban J connectivity index is 2.40. The number of nitrogens with one attached hydrogen (secondary N) is 1. The van der Waals surface area contributed by atoms with Crippen LogP contribution < -0.4 is 9.62 Å². The summed E-state index contributed by atoms with van der Waals surface area (Å²) in [6, 6.07) is 12.1. The molecule has 0 saturated carbocycles. The van der Waals surface area contributed by atoms with Crippen LogP contribution in [-0.2, 0) is 26.2 Å². The maximum Gasteiger partial charge on any atom is 0.244 e. The van der Waals surface area contributed by atoms with Crippen molar-refractivity contribution in [2.45, 2.75) is 46.7 Å². The first kappa shape index (κ1) is 26.9. The smallest absolute Gasteiger partial charge is 0.244 e. The van der Waals surface area contributed by atoms with Gasteiger partial charge in [-0.1, -0.05) is 52.7 Å². The van der Waals surface area contributed by atoms with E-state index in [0.29, 0.717) is 12.2 Å². The van der Waals surface area contributed by atoms with Crippen LogP contribution in [0.3, 0.4) is 0 Å². The molecule has 9 heteroatoms. The van der Waals surface area contributed by atoms with Crippen molar-refractivity contribution in [2.75, 3.05) is 23.7 Å². The quantitative estimate of drug-likeness (QED) is 0.499. The maximum absolute atomic E-state index is 13.5. The lowest BCUT2D eigenvalue weighted by atomic mass is 10.1. The highest BCUT2D eigenvalue weighted by molar-refractivity contribution is 9.10. The fourth-order valence-corrected chi connectivity index (χ4v) is 4.84. The van der Waals surface area contributed by atoms with Crippen molar-refractivity contribution in [3.63, 3.8) is 0 Å². The monoisotopic (exact) mass is 537 g/mol. The second kappa shape index (κ2) is 11.7. The van der Waals surface area contributed by atoms with Crippen LogP contribution in [0.15, 0.2) is 46.9 Å². The van der Waals surface area contributed by atoms with E-state index in [0.717, 1.165) is 38.1 Å². The van der Waals surface area contributed by atoms with Crippen molar-refractivity contribution in [1.82, 2.24) is 10.2 Å². The Morgan fingerprint density at radius 3 is 2.39 bits per heavy atom. The van der Waals surface area contributed by atoms with E-state index < -0.39 is 28.5 Å². The number of carbonyl (C=O) groups is 2. The normalized spacial score (nSPS) is 12.2. The van der Waals surface area contributed by atoms with Gasteiger partial charge in [-0.25, -0.2) is 8.42 Å². The first-order valence-electron chi connectivity index (χ1n) is 10.8. The van der Waals surface area contributed by atoms with Gasteiger partial charge in [0.15, 0.2) is 0 Å². The molecule has 0 radical (unpaired) electrons. The van der Waals surface area contributed by atoms with E-state index in [2.05, 4.69) is 21.2 Å². The van der Waals surface area contributed by atoms with Crippen LogP contribution in [0.4, 0.5) is 5.69 Å². The number of aryl methyl sites for hydroxylation is 2. The van der Waals surface area contributed by atoms with E-state index in [1.54, 1.807) is 13.0 Å². The number of nitrogens with zero attached hydrogens (tertiary/aromatic N) is 2. The number of amides is 2. The molecule has 0 fully saturated rings. The van der Waals surface area contributed by atoms with E-state index in [1.165, 1.54) is 4.90 Å². The minimum Gasteiger partial charge on any atom is -0.354 e. The number of hydrogen-bond acceptors (Lipinski definition) is 4. The first-order chi connectivity index (χ1) is 15.4. The third-order valence-electron chi connectivity index (χ3n) is 5.26. The number of anilines is 1. The van der Waals surface area contributed by atoms with Gasteiger partial charge in [0.2, 0.25) is 21.8 Å². The predicted octanol–water partition coefficient (Wildman–Crippen LogP) is 3.78. The molecular formula is C24H32BrN3O4S. The molecule has 2 aromatic carbocycles. The van der Waals surface area contributed by atoms with E-state index >= 15 is 0 Å². The molecule has 0 aliphatic heterocycles. The summed E-state index contributed by atoms with van der Waals surface area (Å²) < 4.78 is 27.2. The molecule has 1 atom stereocenters. The van der Waals surface area contributed by atoms with Gasteiger partial charge < -0.3 is 10.2 Å². The Morgan fingerprint density at radius 2 is 1.82 bits per heavy atom. The highest BCUT2D eigenvalue weighted by Crippen LogP contribution is 2.24. The molecule has 1 N–H and O–H groups in total. The van der Waals surface area contributed by atoms with Crippen molar-refractivity contribution < 1.29 is 18.0 Å². The number of rotatable bonds is 10. The molecule has 180 valence electrons. The molecule has 2 amide bonds. The molecule has 0 aliphatic carbocycles. The highest BCUT2D eigenvalue weighted by Gasteiger charge is 2.30. The van der Waals surface area contributed by atoms with Gasteiger partial charge in [-0.15, -0.1) is 0 Å². The van der Waals surface area contributed by atoms with Gasteiger partial charge in [0.05, 0.1) is 11.9 Å². The van der Waals surface area contributed by atoms with Crippen LogP contribution in [0.2, 0.25) is 0 Å². The minimum absolute atomic E-state index is 0.170. The van der Waals surface area contributed by atoms with Crippen LogP contribution in [0.5, 0.6) is 0 Å². The van der Waals surface area contributed by atoms with Crippen molar-refractivity contribution in [3.05, 3.63) is 63.6 Å². The van der Waals surface area contributed by atoms with Gasteiger partial charge in [-0.05, 0) is 56.5 Å². The largest absolute Gasteiger partial charge is 0.354 e. The van der Waals surface area contributed by atoms with Crippen molar-refractivity contribution >= 4 is 43.5 Å². The Hall–Kier alpha value is -2.39. The Morgan fingerprint density at radius 1 is 1.12 bits per heavy atom. The van der Waals surface area contributed by atoms with Gasteiger partial charge in [-0.2, -0.15) is 0 Å². The van der Waals surface area contributed by atoms with Crippen LogP contribution in [0.1, 0.15) is 37.0 Å². The molecule has 0 spiro atoms. The molecule has 0 unspecified atom stereocenters. The lowest BCUT2D eigenvalue weighted by Gasteiger charge is -2.32. The summed E-state index contributed by atoms with van der Waals surface area (Å²) in [7, 11) is -3.74. The summed E-state index contributed by atoms with van der Waals surface area (Å²) >= 11 is 3.43. The molecule has 0 saturated heterocycles. The third-order valence-corrected chi connectivity index (χ3v) is 6.88. The number of sulfonamides is 1. The lowest BCUT2D eigenvalue weighted by Crippen LogP contribution is -2.51. The van der Waals surface area contributed by atoms with Crippen LogP contribution in [0.25, 0.3) is 0 Å². The second-order valence-corrected chi connectivity index (χ2v) is 11.0. The lowest BCUT2D eigenvalue weighted by molar-refractivity contribution is -0.139. The predicted molar refractivity (Wildman–Crippen MR) is 136 cm³/mol. The van der Waals surface area contributed by atoms with Crippen molar-refractivity contribution in [3.8, 4) is 0 Å². The van der Waals surface area contributed by atoms with Crippen molar-refractivity contribution in [1.29, 1.82) is 0 Å². The number of halogens is 1. The number of hydrogen-bond donors (Lipinski definition) is 1. The summed E-state index contributed by atoms with van der Waals surface area (Å²) in [6.45, 7) is 7.60. The third kappa shape index (κ3) is 7.57. The highest BCUT2D eigenvalue weighted by atomic mass is 79.9. The molecule has 0 heterocycles. The molecule has 0 aliphatic rings. The van der Waals surface area contributed by atoms with E-state index in [1.807, 2.05) is 57.2 Å². The van der Waals surface area contributed by atoms with Gasteiger partial charge in [0, 0.05) is 17.6 Å². The van der Waals surface area contributed by atoms with Crippen molar-refractivity contribution in [2.24, 2.45) is 0 Å². The van der Waals surface area contributed by atoms with Crippen LogP contribution >= 0.6 is 15.9 Å². The van der Waals surface area contributed by atoms with E-state index in [9.17, 15) is 18.0 Å². The SMILES string of the molecule is CCCNC(=O)[C@@H](C)N(Cc1cccc(Br)c1)C(=O)CN(c1ccc(C)cc1C)S(C)(=O)=O. The van der Waals surface area contributed by atoms with Gasteiger partial charge in [0.25, 0.3) is 0 Å². The van der Waals surface area contributed by atoms with E-state index in [-0.39, 0.29) is 12.5 Å². The van der Waals surface area contributed by atoms with Crippen LogP contribution in [0, 0.1) is 13.8 Å². The number of carbonyl (C=O) groups excluding carboxylic acids is 2. The summed E-state index contributed by atoms with van der Waals surface area (Å²) in [5, 5.41) is 2.82. The standard InChI is InChI=1S/C24H32BrN3O4S/c1-6-12-26-24(30)19(4)27(15-20-8-7-9-21(25)14-20)23(29)16-28(33(5,31)32)22-11-10-17(2)13-18(22)3/h7-11,13-14,19H,6,12,15-16H2,1-5H3,(H,26,30)/t19-/m1/s1. The van der Waals surface area contributed by atoms with Gasteiger partial charge in [-0.3, -0.25) is 13.9 Å². The van der Waals surface area contributed by atoms with Crippen LogP contribution in [-0.4, -0.2) is 50.5 Å². The zero-order valence-corrected chi connectivity index (χ0v) is 22.2. The minimum atomic E-state index is -3.74.